The molecule has 0 bridgehead atoms. The van der Waals surface area contributed by atoms with Gasteiger partial charge in [0.2, 0.25) is 0 Å². The van der Waals surface area contributed by atoms with Crippen LogP contribution in [-0.4, -0.2) is 41.3 Å². The zero-order valence-electron chi connectivity index (χ0n) is 10.9. The van der Waals surface area contributed by atoms with Gasteiger partial charge in [0.25, 0.3) is 0 Å². The van der Waals surface area contributed by atoms with Crippen LogP contribution in [0.25, 0.3) is 10.4 Å². The van der Waals surface area contributed by atoms with Gasteiger partial charge in [-0.05, 0) is 17.5 Å². The van der Waals surface area contributed by atoms with Gasteiger partial charge in [-0.25, -0.2) is 4.79 Å². The lowest BCUT2D eigenvalue weighted by molar-refractivity contribution is 0.0643. The molecule has 20 heavy (non-hydrogen) atoms. The fraction of sp³-hybridized carbons (Fsp3) is 0.462. The number of nitrogens with zero attached hydrogens (tertiary/aromatic N) is 4. The Bertz CT molecular complexity index is 502. The Hall–Kier alpha value is -2.24. The maximum atomic E-state index is 11.1. The Labute approximate surface area is 116 Å². The van der Waals surface area contributed by atoms with E-state index in [2.05, 4.69) is 10.0 Å². The summed E-state index contributed by atoms with van der Waals surface area (Å²) in [5.74, 6) is 0. The molecule has 0 unspecified atom stereocenters. The van der Waals surface area contributed by atoms with Crippen LogP contribution in [0, 0.1) is 0 Å². The number of hydrogen-bond donors (Lipinski definition) is 1. The van der Waals surface area contributed by atoms with Crippen LogP contribution in [0.15, 0.2) is 35.4 Å². The van der Waals surface area contributed by atoms with E-state index in [1.807, 2.05) is 30.3 Å². The summed E-state index contributed by atoms with van der Waals surface area (Å²) in [5, 5.41) is 12.7. The van der Waals surface area contributed by atoms with Gasteiger partial charge in [-0.1, -0.05) is 35.4 Å². The lowest BCUT2D eigenvalue weighted by Crippen LogP contribution is -2.37. The first-order valence-electron chi connectivity index (χ1n) is 6.36. The number of carbonyl (C=O) groups is 1. The van der Waals surface area contributed by atoms with E-state index < -0.39 is 6.09 Å². The number of azide groups is 1. The molecular weight excluding hydrogens is 260 g/mol. The summed E-state index contributed by atoms with van der Waals surface area (Å²) in [6.45, 7) is 0.981. The minimum Gasteiger partial charge on any atom is -0.465 e. The van der Waals surface area contributed by atoms with E-state index >= 15 is 0 Å². The number of likely N-dealkylation sites (tertiary alicyclic amines) is 1. The zero-order chi connectivity index (χ0) is 14.4. The minimum atomic E-state index is -1.01. The number of carboxylic acid groups (broad SMARTS) is 1. The van der Waals surface area contributed by atoms with Crippen molar-refractivity contribution < 1.29 is 14.6 Å². The maximum Gasteiger partial charge on any atom is 0.407 e. The molecular formula is C13H16N4O3. The lowest BCUT2D eigenvalue weighted by atomic mass is 10.2. The average Bonchev–Trinajstić information content (AvgIpc) is 2.84. The first-order valence-corrected chi connectivity index (χ1v) is 6.36. The Morgan fingerprint density at radius 2 is 2.25 bits per heavy atom. The molecule has 1 saturated heterocycles. The van der Waals surface area contributed by atoms with Crippen molar-refractivity contribution in [2.45, 2.75) is 25.1 Å². The van der Waals surface area contributed by atoms with E-state index in [0.29, 0.717) is 19.6 Å². The third kappa shape index (κ3) is 3.63. The van der Waals surface area contributed by atoms with Crippen molar-refractivity contribution in [2.24, 2.45) is 5.11 Å². The second-order valence-corrected chi connectivity index (χ2v) is 4.68. The fourth-order valence-corrected chi connectivity index (χ4v) is 2.33. The quantitative estimate of drug-likeness (QED) is 0.508. The van der Waals surface area contributed by atoms with Gasteiger partial charge in [0.15, 0.2) is 0 Å². The van der Waals surface area contributed by atoms with Gasteiger partial charge in [-0.15, -0.1) is 0 Å². The van der Waals surface area contributed by atoms with Crippen LogP contribution in [0.5, 0.6) is 0 Å². The first kappa shape index (κ1) is 14.2. The third-order valence-electron chi connectivity index (χ3n) is 3.27. The number of hydrogen-bond acceptors (Lipinski definition) is 3. The van der Waals surface area contributed by atoms with Gasteiger partial charge in [0, 0.05) is 11.5 Å². The highest BCUT2D eigenvalue weighted by Crippen LogP contribution is 2.21. The lowest BCUT2D eigenvalue weighted by Gasteiger charge is -2.21. The molecule has 1 aromatic rings. The van der Waals surface area contributed by atoms with Crippen molar-refractivity contribution >= 4 is 6.09 Å². The summed E-state index contributed by atoms with van der Waals surface area (Å²) in [6.07, 6.45) is -0.500. The SMILES string of the molecule is [N-]=[N+]=N[C@@H]1C[C@H](COCc2ccccc2)N(C(=O)O)C1. The van der Waals surface area contributed by atoms with Crippen molar-refractivity contribution in [1.29, 1.82) is 0 Å². The normalized spacial score (nSPS) is 21.5. The van der Waals surface area contributed by atoms with Gasteiger partial charge in [-0.3, -0.25) is 0 Å². The standard InChI is InChI=1S/C13H16N4O3/c14-16-15-11-6-12(17(7-11)13(18)19)9-20-8-10-4-2-1-3-5-10/h1-5,11-12H,6-9H2,(H,18,19)/t11-,12-/m1/s1. The summed E-state index contributed by atoms with van der Waals surface area (Å²) in [6, 6.07) is 9.12. The van der Waals surface area contributed by atoms with E-state index in [1.54, 1.807) is 0 Å². The predicted molar refractivity (Wildman–Crippen MR) is 72.2 cm³/mol. The topological polar surface area (TPSA) is 98.5 Å². The highest BCUT2D eigenvalue weighted by Gasteiger charge is 2.34. The number of amides is 1. The molecule has 1 heterocycles. The van der Waals surface area contributed by atoms with Crippen LogP contribution in [0.4, 0.5) is 4.79 Å². The Balaban J connectivity index is 1.87. The average molecular weight is 276 g/mol. The van der Waals surface area contributed by atoms with Gasteiger partial charge in [-0.2, -0.15) is 0 Å². The smallest absolute Gasteiger partial charge is 0.407 e. The fourth-order valence-electron chi connectivity index (χ4n) is 2.33. The van der Waals surface area contributed by atoms with Crippen molar-refractivity contribution in [1.82, 2.24) is 4.90 Å². The molecule has 0 saturated carbocycles. The Morgan fingerprint density at radius 3 is 2.90 bits per heavy atom. The predicted octanol–water partition coefficient (Wildman–Crippen LogP) is 2.63. The van der Waals surface area contributed by atoms with Crippen LogP contribution in [0.1, 0.15) is 12.0 Å². The molecule has 1 amide bonds. The number of rotatable bonds is 5. The van der Waals surface area contributed by atoms with Gasteiger partial charge in [0.05, 0.1) is 25.3 Å². The van der Waals surface area contributed by atoms with E-state index in [4.69, 9.17) is 15.4 Å². The largest absolute Gasteiger partial charge is 0.465 e. The molecule has 0 aliphatic carbocycles. The number of ether oxygens (including phenoxy) is 1. The van der Waals surface area contributed by atoms with Crippen LogP contribution in [-0.2, 0) is 11.3 Å². The van der Waals surface area contributed by atoms with Crippen molar-refractivity contribution in [2.75, 3.05) is 13.2 Å². The van der Waals surface area contributed by atoms with Crippen molar-refractivity contribution in [3.63, 3.8) is 0 Å². The van der Waals surface area contributed by atoms with E-state index in [0.717, 1.165) is 5.56 Å². The van der Waals surface area contributed by atoms with Gasteiger partial charge >= 0.3 is 6.09 Å². The molecule has 7 heteroatoms. The van der Waals surface area contributed by atoms with E-state index in [1.165, 1.54) is 4.90 Å². The van der Waals surface area contributed by atoms with Crippen LogP contribution in [0.2, 0.25) is 0 Å². The highest BCUT2D eigenvalue weighted by molar-refractivity contribution is 5.66. The van der Waals surface area contributed by atoms with Crippen LogP contribution < -0.4 is 0 Å². The van der Waals surface area contributed by atoms with Crippen molar-refractivity contribution in [3.8, 4) is 0 Å². The van der Waals surface area contributed by atoms with E-state index in [-0.39, 0.29) is 18.6 Å². The second kappa shape index (κ2) is 6.79. The molecule has 1 N–H and O–H groups in total. The number of benzene rings is 1. The van der Waals surface area contributed by atoms with Crippen LogP contribution >= 0.6 is 0 Å². The molecule has 1 fully saturated rings. The molecule has 2 atom stereocenters. The molecule has 1 aliphatic heterocycles. The highest BCUT2D eigenvalue weighted by atomic mass is 16.5. The molecule has 7 nitrogen and oxygen atoms in total. The minimum absolute atomic E-state index is 0.235. The maximum absolute atomic E-state index is 11.1. The molecule has 1 aromatic carbocycles. The first-order chi connectivity index (χ1) is 9.70. The molecule has 0 radical (unpaired) electrons. The monoisotopic (exact) mass is 276 g/mol. The van der Waals surface area contributed by atoms with Gasteiger partial charge < -0.3 is 14.7 Å². The third-order valence-corrected chi connectivity index (χ3v) is 3.27. The molecule has 0 aromatic heterocycles. The van der Waals surface area contributed by atoms with E-state index in [9.17, 15) is 4.79 Å². The Morgan fingerprint density at radius 1 is 1.50 bits per heavy atom. The Kier molecular flexibility index (Phi) is 4.81. The summed E-state index contributed by atoms with van der Waals surface area (Å²) in [5.41, 5.74) is 9.46. The van der Waals surface area contributed by atoms with Crippen LogP contribution in [0.3, 0.4) is 0 Å². The summed E-state index contributed by atoms with van der Waals surface area (Å²) in [4.78, 5) is 15.2. The van der Waals surface area contributed by atoms with Gasteiger partial charge in [0.1, 0.15) is 0 Å². The van der Waals surface area contributed by atoms with Crippen molar-refractivity contribution in [3.05, 3.63) is 46.3 Å². The molecule has 0 spiro atoms. The summed E-state index contributed by atoms with van der Waals surface area (Å²) in [7, 11) is 0. The molecule has 1 aliphatic rings. The molecule has 2 rings (SSSR count). The zero-order valence-corrected chi connectivity index (χ0v) is 10.9. The summed E-state index contributed by atoms with van der Waals surface area (Å²) >= 11 is 0. The second-order valence-electron chi connectivity index (χ2n) is 4.68. The molecule has 106 valence electrons. The summed E-state index contributed by atoms with van der Waals surface area (Å²) < 4.78 is 5.57.